The van der Waals surface area contributed by atoms with Crippen molar-refractivity contribution in [3.8, 4) is 5.75 Å². The molecule has 2 aromatic heterocycles. The van der Waals surface area contributed by atoms with E-state index in [1.165, 1.54) is 34.4 Å². The Morgan fingerprint density at radius 3 is 2.88 bits per heavy atom. The van der Waals surface area contributed by atoms with Crippen LogP contribution in [0.5, 0.6) is 5.75 Å². The number of thiophene rings is 1. The van der Waals surface area contributed by atoms with Gasteiger partial charge in [-0.3, -0.25) is 9.36 Å². The number of benzene rings is 1. The lowest BCUT2D eigenvalue weighted by atomic mass is 10.2. The Morgan fingerprint density at radius 1 is 1.25 bits per heavy atom. The maximum Gasteiger partial charge on any atom is 0.416 e. The first kappa shape index (κ1) is 16.5. The number of aryl methyl sites for hydroxylation is 1. The fourth-order valence-electron chi connectivity index (χ4n) is 2.23. The molecule has 0 saturated heterocycles. The van der Waals surface area contributed by atoms with Crippen molar-refractivity contribution in [2.75, 3.05) is 6.61 Å². The molecule has 2 heterocycles. The summed E-state index contributed by atoms with van der Waals surface area (Å²) in [6, 6.07) is 6.51. The zero-order valence-corrected chi connectivity index (χ0v) is 13.2. The Balaban J connectivity index is 1.59. The van der Waals surface area contributed by atoms with Crippen LogP contribution in [0.15, 0.2) is 46.8 Å². The Bertz CT molecular complexity index is 902. The topological polar surface area (TPSA) is 44.1 Å². The van der Waals surface area contributed by atoms with Crippen LogP contribution >= 0.6 is 11.3 Å². The molecule has 0 N–H and O–H groups in total. The molecule has 0 unspecified atom stereocenters. The molecule has 1 aromatic carbocycles. The second-order valence-electron chi connectivity index (χ2n) is 5.11. The second-order valence-corrected chi connectivity index (χ2v) is 6.02. The van der Waals surface area contributed by atoms with E-state index in [0.717, 1.165) is 12.1 Å². The van der Waals surface area contributed by atoms with Crippen LogP contribution in [0.1, 0.15) is 12.0 Å². The minimum Gasteiger partial charge on any atom is -0.494 e. The smallest absolute Gasteiger partial charge is 0.416 e. The van der Waals surface area contributed by atoms with E-state index in [1.54, 1.807) is 11.4 Å². The molecule has 0 atom stereocenters. The van der Waals surface area contributed by atoms with Crippen molar-refractivity contribution in [2.45, 2.75) is 19.1 Å². The fourth-order valence-corrected chi connectivity index (χ4v) is 3.02. The SMILES string of the molecule is O=c1c2sccc2ncn1CCCOc1cccc(C(F)(F)F)c1. The van der Waals surface area contributed by atoms with Crippen LogP contribution in [0.4, 0.5) is 13.2 Å². The van der Waals surface area contributed by atoms with E-state index in [0.29, 0.717) is 23.2 Å². The number of ether oxygens (including phenoxy) is 1. The fraction of sp³-hybridized carbons (Fsp3) is 0.250. The van der Waals surface area contributed by atoms with Crippen LogP contribution in [-0.2, 0) is 12.7 Å². The summed E-state index contributed by atoms with van der Waals surface area (Å²) in [6.07, 6.45) is -2.44. The van der Waals surface area contributed by atoms with Crippen LogP contribution < -0.4 is 10.3 Å². The van der Waals surface area contributed by atoms with Gasteiger partial charge in [0, 0.05) is 6.54 Å². The van der Waals surface area contributed by atoms with Crippen molar-refractivity contribution in [1.82, 2.24) is 9.55 Å². The van der Waals surface area contributed by atoms with E-state index in [4.69, 9.17) is 4.74 Å². The predicted octanol–water partition coefficient (Wildman–Crippen LogP) is 3.95. The average Bonchev–Trinajstić information content (AvgIpc) is 3.02. The number of aromatic nitrogens is 2. The number of hydrogen-bond acceptors (Lipinski definition) is 4. The number of hydrogen-bond donors (Lipinski definition) is 0. The molecule has 0 aliphatic heterocycles. The quantitative estimate of drug-likeness (QED) is 0.652. The van der Waals surface area contributed by atoms with E-state index in [2.05, 4.69) is 4.98 Å². The zero-order valence-electron chi connectivity index (χ0n) is 12.4. The van der Waals surface area contributed by atoms with Crippen molar-refractivity contribution in [2.24, 2.45) is 0 Å². The molecule has 24 heavy (non-hydrogen) atoms. The van der Waals surface area contributed by atoms with E-state index < -0.39 is 11.7 Å². The molecule has 8 heteroatoms. The number of fused-ring (bicyclic) bond motifs is 1. The maximum atomic E-state index is 12.6. The van der Waals surface area contributed by atoms with Crippen molar-refractivity contribution in [3.63, 3.8) is 0 Å². The molecule has 0 aliphatic rings. The monoisotopic (exact) mass is 354 g/mol. The van der Waals surface area contributed by atoms with Crippen LogP contribution in [0, 0.1) is 0 Å². The van der Waals surface area contributed by atoms with Crippen molar-refractivity contribution < 1.29 is 17.9 Å². The molecule has 0 saturated carbocycles. The summed E-state index contributed by atoms with van der Waals surface area (Å²) in [5.41, 5.74) is -0.195. The lowest BCUT2D eigenvalue weighted by molar-refractivity contribution is -0.137. The summed E-state index contributed by atoms with van der Waals surface area (Å²) < 4.78 is 45.3. The lowest BCUT2D eigenvalue weighted by Crippen LogP contribution is -2.20. The molecule has 0 amide bonds. The van der Waals surface area contributed by atoms with Gasteiger partial charge in [-0.2, -0.15) is 13.2 Å². The third-order valence-corrected chi connectivity index (χ3v) is 4.30. The molecular formula is C16H13F3N2O2S. The Labute approximate surface area is 139 Å². The maximum absolute atomic E-state index is 12.6. The molecular weight excluding hydrogens is 341 g/mol. The number of halogens is 3. The first-order chi connectivity index (χ1) is 11.4. The predicted molar refractivity (Wildman–Crippen MR) is 85.4 cm³/mol. The number of rotatable bonds is 5. The van der Waals surface area contributed by atoms with E-state index in [1.807, 2.05) is 0 Å². The summed E-state index contributed by atoms with van der Waals surface area (Å²) >= 11 is 1.33. The van der Waals surface area contributed by atoms with Gasteiger partial charge in [0.2, 0.25) is 0 Å². The van der Waals surface area contributed by atoms with Crippen LogP contribution in [0.3, 0.4) is 0 Å². The summed E-state index contributed by atoms with van der Waals surface area (Å²) in [6.45, 7) is 0.592. The van der Waals surface area contributed by atoms with Gasteiger partial charge in [-0.15, -0.1) is 11.3 Å². The summed E-state index contributed by atoms with van der Waals surface area (Å²) in [4.78, 5) is 16.4. The van der Waals surface area contributed by atoms with Gasteiger partial charge in [0.25, 0.3) is 5.56 Å². The van der Waals surface area contributed by atoms with Gasteiger partial charge in [0.05, 0.1) is 24.0 Å². The third kappa shape index (κ3) is 3.59. The van der Waals surface area contributed by atoms with Crippen LogP contribution in [0.2, 0.25) is 0 Å². The first-order valence-corrected chi connectivity index (χ1v) is 8.06. The molecule has 3 aromatic rings. The highest BCUT2D eigenvalue weighted by atomic mass is 32.1. The third-order valence-electron chi connectivity index (χ3n) is 3.41. The number of nitrogens with zero attached hydrogens (tertiary/aromatic N) is 2. The average molecular weight is 354 g/mol. The molecule has 0 bridgehead atoms. The molecule has 4 nitrogen and oxygen atoms in total. The molecule has 0 spiro atoms. The van der Waals surface area contributed by atoms with Crippen molar-refractivity contribution in [3.05, 3.63) is 58.0 Å². The molecule has 126 valence electrons. The standard InChI is InChI=1S/C16H13F3N2O2S/c17-16(18,19)11-3-1-4-12(9-11)23-7-2-6-21-10-20-13-5-8-24-14(13)15(21)22/h1,3-5,8-10H,2,6-7H2. The normalized spacial score (nSPS) is 11.8. The van der Waals surface area contributed by atoms with Gasteiger partial charge in [-0.1, -0.05) is 6.07 Å². The van der Waals surface area contributed by atoms with E-state index in [-0.39, 0.29) is 17.9 Å². The Morgan fingerprint density at radius 2 is 2.08 bits per heavy atom. The zero-order chi connectivity index (χ0) is 17.2. The summed E-state index contributed by atoms with van der Waals surface area (Å²) in [5, 5.41) is 1.81. The van der Waals surface area contributed by atoms with E-state index in [9.17, 15) is 18.0 Å². The molecule has 0 fully saturated rings. The van der Waals surface area contributed by atoms with Gasteiger partial charge in [0.1, 0.15) is 10.4 Å². The van der Waals surface area contributed by atoms with Gasteiger partial charge < -0.3 is 4.74 Å². The van der Waals surface area contributed by atoms with E-state index >= 15 is 0 Å². The summed E-state index contributed by atoms with van der Waals surface area (Å²) in [5.74, 6) is 0.156. The minimum atomic E-state index is -4.39. The largest absolute Gasteiger partial charge is 0.494 e. The molecule has 3 rings (SSSR count). The summed E-state index contributed by atoms with van der Waals surface area (Å²) in [7, 11) is 0. The van der Waals surface area contributed by atoms with Crippen molar-refractivity contribution in [1.29, 1.82) is 0 Å². The first-order valence-electron chi connectivity index (χ1n) is 7.18. The van der Waals surface area contributed by atoms with Gasteiger partial charge in [-0.05, 0) is 36.1 Å². The van der Waals surface area contributed by atoms with Gasteiger partial charge in [-0.25, -0.2) is 4.98 Å². The van der Waals surface area contributed by atoms with Crippen LogP contribution in [0.25, 0.3) is 10.2 Å². The Hall–Kier alpha value is -2.35. The van der Waals surface area contributed by atoms with Crippen LogP contribution in [-0.4, -0.2) is 16.2 Å². The molecule has 0 radical (unpaired) electrons. The number of alkyl halides is 3. The highest BCUT2D eigenvalue weighted by molar-refractivity contribution is 7.17. The minimum absolute atomic E-state index is 0.117. The second kappa shape index (κ2) is 6.64. The Kier molecular flexibility index (Phi) is 4.57. The van der Waals surface area contributed by atoms with Gasteiger partial charge >= 0.3 is 6.18 Å². The highest BCUT2D eigenvalue weighted by Gasteiger charge is 2.30. The van der Waals surface area contributed by atoms with Crippen molar-refractivity contribution >= 4 is 21.6 Å². The lowest BCUT2D eigenvalue weighted by Gasteiger charge is -2.10. The highest BCUT2D eigenvalue weighted by Crippen LogP contribution is 2.31. The van der Waals surface area contributed by atoms with Gasteiger partial charge in [0.15, 0.2) is 0 Å². The molecule has 0 aliphatic carbocycles.